The number of amides is 4. The van der Waals surface area contributed by atoms with Crippen LogP contribution in [-0.4, -0.2) is 95.6 Å². The largest absolute Gasteiger partial charge is 0.497 e. The van der Waals surface area contributed by atoms with Crippen molar-refractivity contribution in [3.05, 3.63) is 66.7 Å². The van der Waals surface area contributed by atoms with Crippen LogP contribution in [0, 0.1) is 11.8 Å². The molecule has 1 aromatic heterocycles. The van der Waals surface area contributed by atoms with Crippen LogP contribution in [-0.2, 0) is 23.9 Å². The van der Waals surface area contributed by atoms with E-state index < -0.39 is 35.4 Å². The molecule has 12 heteroatoms. The Hall–Kier alpha value is -4.97. The second kappa shape index (κ2) is 15.6. The minimum atomic E-state index is -1.20. The van der Waals surface area contributed by atoms with Gasteiger partial charge in [0.2, 0.25) is 23.6 Å². The average Bonchev–Trinajstić information content (AvgIpc) is 3.70. The summed E-state index contributed by atoms with van der Waals surface area (Å²) >= 11 is 0. The number of hydrogen-bond acceptors (Lipinski definition) is 8. The van der Waals surface area contributed by atoms with Crippen LogP contribution in [0.3, 0.4) is 0 Å². The maximum atomic E-state index is 14.7. The van der Waals surface area contributed by atoms with Gasteiger partial charge in [0.1, 0.15) is 29.2 Å². The Bertz CT molecular complexity index is 1880. The van der Waals surface area contributed by atoms with Crippen molar-refractivity contribution in [1.29, 1.82) is 0 Å². The highest BCUT2D eigenvalue weighted by Crippen LogP contribution is 2.45. The van der Waals surface area contributed by atoms with Crippen LogP contribution in [0.5, 0.6) is 11.5 Å². The summed E-state index contributed by atoms with van der Waals surface area (Å²) < 4.78 is 17.9. The quantitative estimate of drug-likeness (QED) is 0.341. The molecule has 4 amide bonds. The Morgan fingerprint density at radius 3 is 2.68 bits per heavy atom. The van der Waals surface area contributed by atoms with E-state index in [0.29, 0.717) is 55.2 Å². The number of nitrogens with two attached hydrogens (primary N) is 1. The van der Waals surface area contributed by atoms with Crippen LogP contribution < -0.4 is 20.5 Å². The number of carbonyl (C=O) groups excluding carboxylic acids is 4. The lowest BCUT2D eigenvalue weighted by Gasteiger charge is -2.33. The van der Waals surface area contributed by atoms with Crippen LogP contribution in [0.15, 0.2) is 66.7 Å². The molecule has 12 nitrogen and oxygen atoms in total. The van der Waals surface area contributed by atoms with Gasteiger partial charge in [0, 0.05) is 60.8 Å². The summed E-state index contributed by atoms with van der Waals surface area (Å²) in [5, 5.41) is 3.73. The van der Waals surface area contributed by atoms with Gasteiger partial charge in [-0.2, -0.15) is 0 Å². The number of aromatic nitrogens is 1. The molecule has 53 heavy (non-hydrogen) atoms. The molecule has 0 bridgehead atoms. The first-order valence-electron chi connectivity index (χ1n) is 18.8. The summed E-state index contributed by atoms with van der Waals surface area (Å²) in [5.41, 5.74) is 6.98. The molecule has 3 aromatic rings. The van der Waals surface area contributed by atoms with Gasteiger partial charge in [0.05, 0.1) is 37.6 Å². The zero-order valence-corrected chi connectivity index (χ0v) is 30.5. The third-order valence-corrected chi connectivity index (χ3v) is 11.1. The van der Waals surface area contributed by atoms with Gasteiger partial charge < -0.3 is 35.1 Å². The standard InChI is InChI=1S/C41H49N5O7/c1-26-24-45(17-18-52-26)37(47)19-28-13-7-4-3-5-10-14-29-23-41(29,40(42)50)44-38(48)35-21-31(25-46(35)39(28)49)53-36-22-33(27-11-8-6-9-12-27)43-34-20-30(51-2)15-16-32(34)36/h6,8-12,14-16,20,22,26,28-29,31,35H,3-5,7,13,17-19,21,23-25H2,1-2H3,(H2,42,50)(H,44,48)/b14-10-/t26?,28-,29-,31-,35+,41-/m1/s1. The van der Waals surface area contributed by atoms with Crippen molar-refractivity contribution >= 4 is 34.5 Å². The van der Waals surface area contributed by atoms with Gasteiger partial charge in [0.25, 0.3) is 0 Å². The fourth-order valence-corrected chi connectivity index (χ4v) is 8.05. The Balaban J connectivity index is 1.21. The smallest absolute Gasteiger partial charge is 0.243 e. The minimum absolute atomic E-state index is 0.0480. The molecular weight excluding hydrogens is 674 g/mol. The number of methoxy groups -OCH3 is 1. The summed E-state index contributed by atoms with van der Waals surface area (Å²) in [5.74, 6) is -0.997. The summed E-state index contributed by atoms with van der Waals surface area (Å²) in [6.07, 6.45) is 7.94. The lowest BCUT2D eigenvalue weighted by molar-refractivity contribution is -0.147. The second-order valence-electron chi connectivity index (χ2n) is 14.9. The van der Waals surface area contributed by atoms with Crippen LogP contribution >= 0.6 is 0 Å². The number of nitrogens with one attached hydrogen (secondary N) is 1. The first-order valence-corrected chi connectivity index (χ1v) is 18.8. The number of benzene rings is 2. The molecular formula is C41H49N5O7. The number of fused-ring (bicyclic) bond motifs is 3. The first-order chi connectivity index (χ1) is 25.6. The van der Waals surface area contributed by atoms with Crippen molar-refractivity contribution < 1.29 is 33.4 Å². The Morgan fingerprint density at radius 1 is 1.08 bits per heavy atom. The first kappa shape index (κ1) is 36.4. The van der Waals surface area contributed by atoms with Gasteiger partial charge in [0.15, 0.2) is 0 Å². The zero-order chi connectivity index (χ0) is 37.1. The third-order valence-electron chi connectivity index (χ3n) is 11.1. The van der Waals surface area contributed by atoms with Crippen molar-refractivity contribution in [2.45, 2.75) is 82.1 Å². The number of ether oxygens (including phenoxy) is 3. The van der Waals surface area contributed by atoms with Gasteiger partial charge in [-0.15, -0.1) is 0 Å². The zero-order valence-electron chi connectivity index (χ0n) is 30.5. The topological polar surface area (TPSA) is 153 Å². The van der Waals surface area contributed by atoms with Crippen molar-refractivity contribution in [2.75, 3.05) is 33.4 Å². The monoisotopic (exact) mass is 723 g/mol. The van der Waals surface area contributed by atoms with E-state index in [9.17, 15) is 19.2 Å². The van der Waals surface area contributed by atoms with Crippen LogP contribution in [0.25, 0.3) is 22.2 Å². The molecule has 2 aromatic carbocycles. The maximum absolute atomic E-state index is 14.7. The van der Waals surface area contributed by atoms with E-state index in [4.69, 9.17) is 24.9 Å². The van der Waals surface area contributed by atoms with Gasteiger partial charge in [-0.05, 0) is 44.7 Å². The Morgan fingerprint density at radius 2 is 1.91 bits per heavy atom. The summed E-state index contributed by atoms with van der Waals surface area (Å²) in [7, 11) is 1.60. The molecule has 7 rings (SSSR count). The molecule has 2 saturated heterocycles. The lowest BCUT2D eigenvalue weighted by atomic mass is 9.94. The molecule has 1 unspecified atom stereocenters. The third kappa shape index (κ3) is 7.88. The maximum Gasteiger partial charge on any atom is 0.243 e. The fraction of sp³-hybridized carbons (Fsp3) is 0.488. The van der Waals surface area contributed by atoms with Gasteiger partial charge in [-0.25, -0.2) is 4.98 Å². The van der Waals surface area contributed by atoms with Crippen molar-refractivity contribution in [2.24, 2.45) is 17.6 Å². The van der Waals surface area contributed by atoms with E-state index in [-0.39, 0.29) is 43.2 Å². The van der Waals surface area contributed by atoms with E-state index in [1.165, 1.54) is 0 Å². The molecule has 1 aliphatic carbocycles. The molecule has 0 spiro atoms. The van der Waals surface area contributed by atoms with E-state index >= 15 is 0 Å². The summed E-state index contributed by atoms with van der Waals surface area (Å²) in [6, 6.07) is 16.3. The molecule has 280 valence electrons. The second-order valence-corrected chi connectivity index (χ2v) is 14.9. The SMILES string of the molecule is COc1ccc2c(O[C@@H]3C[C@H]4C(=O)N[C@]5(C(N)=O)C[C@H]5/C=C\CCCCC[C@H](CC(=O)N5CCOC(C)C5)C(=O)N4C3)cc(-c3ccccc3)nc2c1. The highest BCUT2D eigenvalue weighted by atomic mass is 16.5. The fourth-order valence-electron chi connectivity index (χ4n) is 8.05. The molecule has 4 aliphatic rings. The summed E-state index contributed by atoms with van der Waals surface area (Å²) in [4.78, 5) is 63.6. The highest BCUT2D eigenvalue weighted by molar-refractivity contribution is 5.97. The number of hydrogen-bond donors (Lipinski definition) is 2. The molecule has 3 fully saturated rings. The number of rotatable bonds is 7. The lowest BCUT2D eigenvalue weighted by Crippen LogP contribution is -2.55. The number of nitrogens with zero attached hydrogens (tertiary/aromatic N) is 3. The van der Waals surface area contributed by atoms with Gasteiger partial charge in [-0.3, -0.25) is 19.2 Å². The molecule has 6 atom stereocenters. The number of carbonyl (C=O) groups is 4. The molecule has 3 N–H and O–H groups in total. The number of pyridine rings is 1. The van der Waals surface area contributed by atoms with Crippen molar-refractivity contribution in [1.82, 2.24) is 20.1 Å². The van der Waals surface area contributed by atoms with Crippen LogP contribution in [0.4, 0.5) is 0 Å². The number of primary amides is 1. The van der Waals surface area contributed by atoms with E-state index in [0.717, 1.165) is 36.6 Å². The summed E-state index contributed by atoms with van der Waals surface area (Å²) in [6.45, 7) is 3.48. The molecule has 1 saturated carbocycles. The van der Waals surface area contributed by atoms with Crippen molar-refractivity contribution in [3.63, 3.8) is 0 Å². The van der Waals surface area contributed by atoms with Crippen LogP contribution in [0.2, 0.25) is 0 Å². The van der Waals surface area contributed by atoms with Gasteiger partial charge in [-0.1, -0.05) is 55.3 Å². The molecule has 0 radical (unpaired) electrons. The normalized spacial score (nSPS) is 28.5. The van der Waals surface area contributed by atoms with E-state index in [1.54, 1.807) is 16.9 Å². The molecule has 3 aliphatic heterocycles. The molecule has 4 heterocycles. The number of allylic oxidation sites excluding steroid dienone is 1. The minimum Gasteiger partial charge on any atom is -0.497 e. The predicted octanol–water partition coefficient (Wildman–Crippen LogP) is 4.39. The number of morpholine rings is 1. The average molecular weight is 724 g/mol. The van der Waals surface area contributed by atoms with E-state index in [2.05, 4.69) is 11.4 Å². The Labute approximate surface area is 310 Å². The highest BCUT2D eigenvalue weighted by Gasteiger charge is 2.60. The van der Waals surface area contributed by atoms with Crippen molar-refractivity contribution in [3.8, 4) is 22.8 Å². The van der Waals surface area contributed by atoms with E-state index in [1.807, 2.05) is 67.6 Å². The van der Waals surface area contributed by atoms with Crippen LogP contribution in [0.1, 0.15) is 58.3 Å². The van der Waals surface area contributed by atoms with Gasteiger partial charge >= 0.3 is 0 Å². The Kier molecular flexibility index (Phi) is 10.7. The predicted molar refractivity (Wildman–Crippen MR) is 199 cm³/mol.